The number of hydrogen-bond donors (Lipinski definition) is 2. The van der Waals surface area contributed by atoms with Crippen molar-refractivity contribution in [1.82, 2.24) is 0 Å². The van der Waals surface area contributed by atoms with Gasteiger partial charge in [0.1, 0.15) is 11.1 Å². The molecule has 1 fully saturated rings. The van der Waals surface area contributed by atoms with Crippen LogP contribution in [0.5, 0.6) is 0 Å². The normalized spacial score (nSPS) is 25.2. The fourth-order valence-electron chi connectivity index (χ4n) is 4.46. The summed E-state index contributed by atoms with van der Waals surface area (Å²) in [5, 5.41) is 22.5. The first-order chi connectivity index (χ1) is 12.5. The second-order valence-electron chi connectivity index (χ2n) is 7.54. The molecule has 1 saturated carbocycles. The van der Waals surface area contributed by atoms with E-state index in [0.717, 1.165) is 37.7 Å². The largest absolute Gasteiger partial charge is 0.481 e. The number of nitrogens with zero attached hydrogens (tertiary/aromatic N) is 1. The SMILES string of the molecule is CCC[C@@H]1CCc2c(sc(NC(=O)[C@@H]3CCCC[C@H]3C(=O)O)c2C#N)C1. The van der Waals surface area contributed by atoms with Crippen LogP contribution in [0.25, 0.3) is 0 Å². The maximum atomic E-state index is 12.8. The third-order valence-electron chi connectivity index (χ3n) is 5.83. The summed E-state index contributed by atoms with van der Waals surface area (Å²) in [5.74, 6) is -1.58. The van der Waals surface area contributed by atoms with E-state index in [-0.39, 0.29) is 5.91 Å². The summed E-state index contributed by atoms with van der Waals surface area (Å²) in [7, 11) is 0. The van der Waals surface area contributed by atoms with Gasteiger partial charge in [-0.1, -0.05) is 32.6 Å². The highest BCUT2D eigenvalue weighted by Gasteiger charge is 2.36. The molecule has 1 aromatic heterocycles. The lowest BCUT2D eigenvalue weighted by molar-refractivity contribution is -0.147. The van der Waals surface area contributed by atoms with Crippen LogP contribution in [0.3, 0.4) is 0 Å². The van der Waals surface area contributed by atoms with Crippen molar-refractivity contribution in [2.24, 2.45) is 17.8 Å². The number of nitriles is 1. The number of anilines is 1. The van der Waals surface area contributed by atoms with Crippen molar-refractivity contribution in [3.05, 3.63) is 16.0 Å². The zero-order chi connectivity index (χ0) is 18.7. The first-order valence-electron chi connectivity index (χ1n) is 9.63. The highest BCUT2D eigenvalue weighted by molar-refractivity contribution is 7.16. The lowest BCUT2D eigenvalue weighted by Crippen LogP contribution is -2.36. The summed E-state index contributed by atoms with van der Waals surface area (Å²) in [5.41, 5.74) is 1.69. The molecule has 26 heavy (non-hydrogen) atoms. The van der Waals surface area contributed by atoms with Gasteiger partial charge in [-0.3, -0.25) is 9.59 Å². The number of fused-ring (bicyclic) bond motifs is 1. The van der Waals surface area contributed by atoms with Gasteiger partial charge in [-0.15, -0.1) is 11.3 Å². The number of carbonyl (C=O) groups is 2. The molecule has 0 saturated heterocycles. The van der Waals surface area contributed by atoms with E-state index in [2.05, 4.69) is 18.3 Å². The molecule has 1 amide bonds. The van der Waals surface area contributed by atoms with Gasteiger partial charge in [0.2, 0.25) is 5.91 Å². The number of aliphatic carboxylic acids is 1. The fourth-order valence-corrected chi connectivity index (χ4v) is 5.78. The molecule has 1 heterocycles. The van der Waals surface area contributed by atoms with Gasteiger partial charge in [-0.05, 0) is 43.6 Å². The minimum absolute atomic E-state index is 0.239. The Morgan fingerprint density at radius 3 is 2.65 bits per heavy atom. The zero-order valence-corrected chi connectivity index (χ0v) is 16.0. The third kappa shape index (κ3) is 3.78. The quantitative estimate of drug-likeness (QED) is 0.801. The number of rotatable bonds is 5. The minimum atomic E-state index is -0.891. The minimum Gasteiger partial charge on any atom is -0.481 e. The van der Waals surface area contributed by atoms with Crippen molar-refractivity contribution in [1.29, 1.82) is 5.26 Å². The summed E-state index contributed by atoms with van der Waals surface area (Å²) < 4.78 is 0. The van der Waals surface area contributed by atoms with Crippen LogP contribution < -0.4 is 5.32 Å². The van der Waals surface area contributed by atoms with E-state index in [4.69, 9.17) is 0 Å². The van der Waals surface area contributed by atoms with Crippen LogP contribution in [0.1, 0.15) is 67.9 Å². The maximum Gasteiger partial charge on any atom is 0.307 e. The topological polar surface area (TPSA) is 90.2 Å². The molecule has 0 radical (unpaired) electrons. The van der Waals surface area contributed by atoms with Crippen LogP contribution in [-0.4, -0.2) is 17.0 Å². The molecule has 2 N–H and O–H groups in total. The number of carboxylic acid groups (broad SMARTS) is 1. The van der Waals surface area contributed by atoms with Crippen molar-refractivity contribution in [2.45, 2.75) is 64.7 Å². The summed E-state index contributed by atoms with van der Waals surface area (Å²) in [4.78, 5) is 25.4. The average Bonchev–Trinajstić information content (AvgIpc) is 2.98. The Labute approximate surface area is 158 Å². The van der Waals surface area contributed by atoms with Gasteiger partial charge in [0, 0.05) is 4.88 Å². The van der Waals surface area contributed by atoms with Gasteiger partial charge in [0.05, 0.1) is 17.4 Å². The van der Waals surface area contributed by atoms with Crippen molar-refractivity contribution in [3.63, 3.8) is 0 Å². The fraction of sp³-hybridized carbons (Fsp3) is 0.650. The zero-order valence-electron chi connectivity index (χ0n) is 15.2. The van der Waals surface area contributed by atoms with Gasteiger partial charge in [0.25, 0.3) is 0 Å². The van der Waals surface area contributed by atoms with E-state index in [1.54, 1.807) is 0 Å². The van der Waals surface area contributed by atoms with E-state index in [1.165, 1.54) is 29.1 Å². The Balaban J connectivity index is 1.78. The predicted octanol–water partition coefficient (Wildman–Crippen LogP) is 4.35. The Kier molecular flexibility index (Phi) is 5.98. The number of amides is 1. The molecule has 2 aliphatic rings. The second-order valence-corrected chi connectivity index (χ2v) is 8.65. The van der Waals surface area contributed by atoms with Crippen molar-refractivity contribution < 1.29 is 14.7 Å². The Bertz CT molecular complexity index is 734. The number of nitrogens with one attached hydrogen (secondary N) is 1. The van der Waals surface area contributed by atoms with Crippen LogP contribution >= 0.6 is 11.3 Å². The van der Waals surface area contributed by atoms with Crippen LogP contribution in [0.15, 0.2) is 0 Å². The Hall–Kier alpha value is -1.87. The summed E-state index contributed by atoms with van der Waals surface area (Å²) >= 11 is 1.52. The van der Waals surface area contributed by atoms with E-state index >= 15 is 0 Å². The van der Waals surface area contributed by atoms with E-state index < -0.39 is 17.8 Å². The van der Waals surface area contributed by atoms with Crippen molar-refractivity contribution in [2.75, 3.05) is 5.32 Å². The third-order valence-corrected chi connectivity index (χ3v) is 7.00. The molecule has 0 bridgehead atoms. The molecule has 3 atom stereocenters. The second kappa shape index (κ2) is 8.22. The Morgan fingerprint density at radius 2 is 2.00 bits per heavy atom. The highest BCUT2D eigenvalue weighted by atomic mass is 32.1. The molecule has 0 unspecified atom stereocenters. The summed E-state index contributed by atoms with van der Waals surface area (Å²) in [6.07, 6.45) is 8.25. The molecule has 2 aliphatic carbocycles. The van der Waals surface area contributed by atoms with E-state index in [1.807, 2.05) is 0 Å². The smallest absolute Gasteiger partial charge is 0.307 e. The molecule has 140 valence electrons. The molecular weight excluding hydrogens is 348 g/mol. The number of carboxylic acids is 1. The van der Waals surface area contributed by atoms with Crippen LogP contribution in [0, 0.1) is 29.1 Å². The first-order valence-corrected chi connectivity index (χ1v) is 10.4. The Morgan fingerprint density at radius 1 is 1.27 bits per heavy atom. The van der Waals surface area contributed by atoms with Gasteiger partial charge < -0.3 is 10.4 Å². The molecular formula is C20H26N2O3S. The summed E-state index contributed by atoms with van der Waals surface area (Å²) in [6, 6.07) is 2.27. The van der Waals surface area contributed by atoms with Crippen molar-refractivity contribution in [3.8, 4) is 6.07 Å². The van der Waals surface area contributed by atoms with Crippen LogP contribution in [0.2, 0.25) is 0 Å². The molecule has 0 aliphatic heterocycles. The van der Waals surface area contributed by atoms with Crippen molar-refractivity contribution >= 4 is 28.2 Å². The van der Waals surface area contributed by atoms with Gasteiger partial charge >= 0.3 is 5.97 Å². The highest BCUT2D eigenvalue weighted by Crippen LogP contribution is 2.41. The summed E-state index contributed by atoms with van der Waals surface area (Å²) in [6.45, 7) is 2.19. The standard InChI is InChI=1S/C20H26N2O3S/c1-2-5-12-8-9-13-16(11-21)19(26-17(13)10-12)22-18(23)14-6-3-4-7-15(14)20(24)25/h12,14-15H,2-10H2,1H3,(H,22,23)(H,24,25)/t12-,14-,15-/m1/s1. The molecule has 6 heteroatoms. The lowest BCUT2D eigenvalue weighted by atomic mass is 9.78. The number of carbonyl (C=O) groups excluding carboxylic acids is 1. The van der Waals surface area contributed by atoms with E-state index in [9.17, 15) is 20.0 Å². The number of hydrogen-bond acceptors (Lipinski definition) is 4. The maximum absolute atomic E-state index is 12.8. The van der Waals surface area contributed by atoms with E-state index in [0.29, 0.717) is 29.3 Å². The molecule has 1 aromatic rings. The molecule has 0 spiro atoms. The average molecular weight is 375 g/mol. The van der Waals surface area contributed by atoms with Gasteiger partial charge in [0.15, 0.2) is 0 Å². The number of thiophene rings is 1. The predicted molar refractivity (Wildman–Crippen MR) is 101 cm³/mol. The lowest BCUT2D eigenvalue weighted by Gasteiger charge is -2.27. The van der Waals surface area contributed by atoms with Crippen LogP contribution in [0.4, 0.5) is 5.00 Å². The van der Waals surface area contributed by atoms with Crippen LogP contribution in [-0.2, 0) is 22.4 Å². The monoisotopic (exact) mass is 374 g/mol. The molecule has 5 nitrogen and oxygen atoms in total. The van der Waals surface area contributed by atoms with Gasteiger partial charge in [-0.2, -0.15) is 5.26 Å². The molecule has 0 aromatic carbocycles. The molecule has 3 rings (SSSR count). The first kappa shape index (κ1) is 18.9. The van der Waals surface area contributed by atoms with Gasteiger partial charge in [-0.25, -0.2) is 0 Å².